The van der Waals surface area contributed by atoms with Crippen molar-refractivity contribution in [3.05, 3.63) is 192 Å². The molecule has 2 aliphatic carbocycles. The van der Waals surface area contributed by atoms with Gasteiger partial charge in [0.15, 0.2) is 0 Å². The van der Waals surface area contributed by atoms with E-state index in [0.29, 0.717) is 0 Å². The molecular weight excluding hydrogens is 677 g/mol. The number of aromatic nitrogens is 2. The molecule has 2 nitrogen and oxygen atoms in total. The van der Waals surface area contributed by atoms with E-state index in [2.05, 4.69) is 207 Å². The molecule has 0 spiro atoms. The highest BCUT2D eigenvalue weighted by Crippen LogP contribution is 2.54. The average molecular weight is 717 g/mol. The van der Waals surface area contributed by atoms with E-state index >= 15 is 0 Å². The molecule has 0 saturated heterocycles. The Morgan fingerprint density at radius 2 is 0.679 bits per heavy atom. The van der Waals surface area contributed by atoms with Crippen molar-refractivity contribution in [2.24, 2.45) is 0 Å². The lowest BCUT2D eigenvalue weighted by Crippen LogP contribution is -2.15. The molecule has 0 saturated carbocycles. The molecule has 0 aliphatic heterocycles. The van der Waals surface area contributed by atoms with Gasteiger partial charge in [0.25, 0.3) is 0 Å². The van der Waals surface area contributed by atoms with Gasteiger partial charge in [-0.05, 0) is 116 Å². The summed E-state index contributed by atoms with van der Waals surface area (Å²) in [5.41, 5.74) is 20.6. The molecule has 8 aromatic carbocycles. The number of fused-ring (bicyclic) bond motifs is 12. The Labute approximate surface area is 326 Å². The second-order valence-corrected chi connectivity index (χ2v) is 17.0. The maximum absolute atomic E-state index is 2.53. The first kappa shape index (κ1) is 31.7. The highest BCUT2D eigenvalue weighted by atomic mass is 15.0. The van der Waals surface area contributed by atoms with Gasteiger partial charge in [0.2, 0.25) is 0 Å². The Morgan fingerprint density at radius 3 is 1.12 bits per heavy atom. The summed E-state index contributed by atoms with van der Waals surface area (Å²) in [6.45, 7) is 9.52. The van der Waals surface area contributed by atoms with E-state index < -0.39 is 0 Å². The smallest absolute Gasteiger partial charge is 0.0544 e. The van der Waals surface area contributed by atoms with Gasteiger partial charge in [-0.15, -0.1) is 0 Å². The third-order valence-corrected chi connectivity index (χ3v) is 13.3. The van der Waals surface area contributed by atoms with Gasteiger partial charge in [-0.3, -0.25) is 0 Å². The fraction of sp³-hybridized carbons (Fsp3) is 0.111. The van der Waals surface area contributed by atoms with Gasteiger partial charge in [-0.25, -0.2) is 0 Å². The lowest BCUT2D eigenvalue weighted by Gasteiger charge is -2.22. The number of hydrogen-bond donors (Lipinski definition) is 0. The molecule has 56 heavy (non-hydrogen) atoms. The highest BCUT2D eigenvalue weighted by molar-refractivity contribution is 6.14. The molecule has 2 heteroatoms. The third-order valence-electron chi connectivity index (χ3n) is 13.3. The van der Waals surface area contributed by atoms with Crippen molar-refractivity contribution in [2.45, 2.75) is 38.5 Å². The molecule has 0 fully saturated rings. The molecule has 0 radical (unpaired) electrons. The molecule has 2 aliphatic rings. The van der Waals surface area contributed by atoms with E-state index in [1.165, 1.54) is 111 Å². The minimum absolute atomic E-state index is 0.0840. The van der Waals surface area contributed by atoms with Gasteiger partial charge in [-0.2, -0.15) is 0 Å². The monoisotopic (exact) mass is 716 g/mol. The number of benzene rings is 8. The van der Waals surface area contributed by atoms with Crippen molar-refractivity contribution in [1.29, 1.82) is 0 Å². The Balaban J connectivity index is 1.02. The summed E-state index contributed by atoms with van der Waals surface area (Å²) >= 11 is 0. The van der Waals surface area contributed by atoms with Crippen LogP contribution in [0.3, 0.4) is 0 Å². The standard InChI is InChI=1S/C54H40N2/c1-53(2)45-17-9-5-13-37(45)41-29-43-44-30-42-38-14-6-10-18-46(38)54(3,4)48(42)32-52(44)56(51(43)31-47(41)53)36-27-23-34(24-28-36)33-21-25-35(26-22-33)55-49-19-11-7-15-39(49)40-16-8-12-20-50(40)55/h5-32H,1-4H3. The second kappa shape index (κ2) is 11.0. The van der Waals surface area contributed by atoms with Crippen LogP contribution < -0.4 is 0 Å². The molecule has 0 unspecified atom stereocenters. The van der Waals surface area contributed by atoms with E-state index in [0.717, 1.165) is 0 Å². The van der Waals surface area contributed by atoms with E-state index in [9.17, 15) is 0 Å². The number of hydrogen-bond acceptors (Lipinski definition) is 0. The van der Waals surface area contributed by atoms with Crippen molar-refractivity contribution in [2.75, 3.05) is 0 Å². The minimum atomic E-state index is -0.0840. The lowest BCUT2D eigenvalue weighted by molar-refractivity contribution is 0.660. The summed E-state index contributed by atoms with van der Waals surface area (Å²) in [6.07, 6.45) is 0. The summed E-state index contributed by atoms with van der Waals surface area (Å²) in [7, 11) is 0. The van der Waals surface area contributed by atoms with Gasteiger partial charge in [-0.1, -0.05) is 137 Å². The van der Waals surface area contributed by atoms with Crippen LogP contribution >= 0.6 is 0 Å². The predicted molar refractivity (Wildman–Crippen MR) is 236 cm³/mol. The van der Waals surface area contributed by atoms with Gasteiger partial charge in [0.1, 0.15) is 0 Å². The van der Waals surface area contributed by atoms with E-state index in [4.69, 9.17) is 0 Å². The van der Waals surface area contributed by atoms with E-state index in [1.54, 1.807) is 0 Å². The van der Waals surface area contributed by atoms with Crippen LogP contribution in [0.25, 0.3) is 88.4 Å². The zero-order valence-corrected chi connectivity index (χ0v) is 32.1. The van der Waals surface area contributed by atoms with Crippen molar-refractivity contribution in [1.82, 2.24) is 9.13 Å². The van der Waals surface area contributed by atoms with Crippen molar-refractivity contribution < 1.29 is 0 Å². The Bertz CT molecular complexity index is 3100. The van der Waals surface area contributed by atoms with Gasteiger partial charge < -0.3 is 9.13 Å². The molecule has 2 heterocycles. The molecule has 0 amide bonds. The van der Waals surface area contributed by atoms with Crippen LogP contribution in [-0.4, -0.2) is 9.13 Å². The van der Waals surface area contributed by atoms with Gasteiger partial charge in [0.05, 0.1) is 22.1 Å². The number of para-hydroxylation sites is 2. The Morgan fingerprint density at radius 1 is 0.304 bits per heavy atom. The maximum atomic E-state index is 2.53. The second-order valence-electron chi connectivity index (χ2n) is 17.0. The summed E-state index contributed by atoms with van der Waals surface area (Å²) in [4.78, 5) is 0. The normalized spacial score (nSPS) is 14.7. The van der Waals surface area contributed by atoms with Crippen molar-refractivity contribution in [3.8, 4) is 44.8 Å². The number of rotatable bonds is 3. The SMILES string of the molecule is CC1(C)c2ccccc2-c2cc3c4cc5c(cc4n(-c4ccc(-c6ccc(-n7c8ccccc8c8ccccc87)cc6)cc4)c3cc21)C(C)(C)c1ccccc1-5. The molecule has 0 atom stereocenters. The average Bonchev–Trinajstić information content (AvgIpc) is 3.88. The van der Waals surface area contributed by atoms with Gasteiger partial charge in [0, 0.05) is 43.7 Å². The summed E-state index contributed by atoms with van der Waals surface area (Å²) in [6, 6.07) is 63.6. The van der Waals surface area contributed by atoms with Crippen LogP contribution in [0, 0.1) is 0 Å². The van der Waals surface area contributed by atoms with Crippen LogP contribution in [-0.2, 0) is 10.8 Å². The van der Waals surface area contributed by atoms with Crippen LogP contribution in [0.5, 0.6) is 0 Å². The molecule has 266 valence electrons. The van der Waals surface area contributed by atoms with E-state index in [-0.39, 0.29) is 10.8 Å². The van der Waals surface area contributed by atoms with Crippen molar-refractivity contribution >= 4 is 43.6 Å². The Hall–Kier alpha value is -6.64. The van der Waals surface area contributed by atoms with Crippen molar-refractivity contribution in [3.63, 3.8) is 0 Å². The third kappa shape index (κ3) is 4.11. The van der Waals surface area contributed by atoms with Crippen LogP contribution in [0.15, 0.2) is 170 Å². The van der Waals surface area contributed by atoms with E-state index in [1.807, 2.05) is 0 Å². The lowest BCUT2D eigenvalue weighted by atomic mass is 9.82. The predicted octanol–water partition coefficient (Wildman–Crippen LogP) is 14.2. The molecule has 0 N–H and O–H groups in total. The summed E-state index contributed by atoms with van der Waals surface area (Å²) < 4.78 is 4.91. The van der Waals surface area contributed by atoms with Crippen LogP contribution in [0.1, 0.15) is 49.9 Å². The first-order chi connectivity index (χ1) is 27.3. The highest BCUT2D eigenvalue weighted by Gasteiger charge is 2.38. The first-order valence-corrected chi connectivity index (χ1v) is 19.9. The molecule has 2 aromatic heterocycles. The molecule has 12 rings (SSSR count). The van der Waals surface area contributed by atoms with Gasteiger partial charge >= 0.3 is 0 Å². The zero-order chi connectivity index (χ0) is 37.5. The zero-order valence-electron chi connectivity index (χ0n) is 32.1. The fourth-order valence-corrected chi connectivity index (χ4v) is 10.5. The number of nitrogens with zero attached hydrogens (tertiary/aromatic N) is 2. The maximum Gasteiger partial charge on any atom is 0.0544 e. The van der Waals surface area contributed by atoms with Crippen LogP contribution in [0.2, 0.25) is 0 Å². The Kier molecular flexibility index (Phi) is 6.22. The quantitative estimate of drug-likeness (QED) is 0.172. The molecular formula is C54H40N2. The molecule has 0 bridgehead atoms. The van der Waals surface area contributed by atoms with Crippen LogP contribution in [0.4, 0.5) is 0 Å². The minimum Gasteiger partial charge on any atom is -0.309 e. The summed E-state index contributed by atoms with van der Waals surface area (Å²) in [5, 5.41) is 5.18. The largest absolute Gasteiger partial charge is 0.309 e. The summed E-state index contributed by atoms with van der Waals surface area (Å²) in [5.74, 6) is 0. The molecule has 10 aromatic rings. The fourth-order valence-electron chi connectivity index (χ4n) is 10.5. The topological polar surface area (TPSA) is 9.86 Å². The first-order valence-electron chi connectivity index (χ1n) is 19.9.